The predicted octanol–water partition coefficient (Wildman–Crippen LogP) is 4.72. The lowest BCUT2D eigenvalue weighted by Gasteiger charge is -2.02. The molecule has 150 valence electrons. The van der Waals surface area contributed by atoms with Crippen LogP contribution in [-0.4, -0.2) is 30.2 Å². The summed E-state index contributed by atoms with van der Waals surface area (Å²) < 4.78 is 3.76. The molecule has 0 saturated heterocycles. The van der Waals surface area contributed by atoms with Gasteiger partial charge in [-0.3, -0.25) is 14.8 Å². The molecule has 4 aromatic heterocycles. The summed E-state index contributed by atoms with van der Waals surface area (Å²) in [6, 6.07) is 11.8. The van der Waals surface area contributed by atoms with Crippen LogP contribution < -0.4 is 5.32 Å². The van der Waals surface area contributed by atoms with E-state index in [9.17, 15) is 4.79 Å². The van der Waals surface area contributed by atoms with Crippen molar-refractivity contribution < 1.29 is 4.79 Å². The van der Waals surface area contributed by atoms with Gasteiger partial charge in [0, 0.05) is 37.4 Å². The van der Waals surface area contributed by atoms with Crippen LogP contribution in [-0.2, 0) is 14.1 Å². The molecule has 0 unspecified atom stereocenters. The van der Waals surface area contributed by atoms with Gasteiger partial charge in [-0.15, -0.1) is 11.3 Å². The van der Waals surface area contributed by atoms with Gasteiger partial charge in [-0.25, -0.2) is 9.97 Å². The van der Waals surface area contributed by atoms with Gasteiger partial charge in [0.2, 0.25) is 0 Å². The van der Waals surface area contributed by atoms with Gasteiger partial charge in [-0.1, -0.05) is 41.7 Å². The second kappa shape index (κ2) is 7.19. The number of hydrogen-bond donors (Lipinski definition) is 1. The van der Waals surface area contributed by atoms with Crippen molar-refractivity contribution in [1.29, 1.82) is 0 Å². The lowest BCUT2D eigenvalue weighted by molar-refractivity contribution is 0.103. The van der Waals surface area contributed by atoms with Gasteiger partial charge in [0.1, 0.15) is 4.83 Å². The van der Waals surface area contributed by atoms with E-state index in [-0.39, 0.29) is 5.91 Å². The monoisotopic (exact) mass is 434 g/mol. The highest BCUT2D eigenvalue weighted by Gasteiger charge is 2.21. The zero-order chi connectivity index (χ0) is 20.8. The lowest BCUT2D eigenvalue weighted by atomic mass is 10.1. The van der Waals surface area contributed by atoms with Crippen molar-refractivity contribution >= 4 is 43.9 Å². The molecule has 30 heavy (non-hydrogen) atoms. The molecule has 0 atom stereocenters. The molecule has 1 aromatic carbocycles. The fourth-order valence-electron chi connectivity index (χ4n) is 3.38. The van der Waals surface area contributed by atoms with Crippen molar-refractivity contribution in [3.63, 3.8) is 0 Å². The Kier molecular flexibility index (Phi) is 4.48. The van der Waals surface area contributed by atoms with Crippen LogP contribution in [0.2, 0.25) is 0 Å². The third-order valence-corrected chi connectivity index (χ3v) is 7.01. The van der Waals surface area contributed by atoms with Gasteiger partial charge in [-0.05, 0) is 13.0 Å². The number of aromatic nitrogens is 5. The molecule has 7 nitrogen and oxygen atoms in total. The standard InChI is InChI=1S/C21H18N6OS2/c1-12-14-11-15(29-20(14)27(3)25-12)19(28)24-21-23-16(13-7-5-4-6-8-13)17(30-21)18-22-9-10-26(18)2/h4-11H,1-3H3,(H,23,24,28). The van der Waals surface area contributed by atoms with Gasteiger partial charge in [-0.2, -0.15) is 5.10 Å². The third kappa shape index (κ3) is 3.12. The average molecular weight is 435 g/mol. The van der Waals surface area contributed by atoms with E-state index in [4.69, 9.17) is 4.98 Å². The van der Waals surface area contributed by atoms with Crippen LogP contribution in [0.5, 0.6) is 0 Å². The summed E-state index contributed by atoms with van der Waals surface area (Å²) in [6.07, 6.45) is 3.66. The molecule has 5 aromatic rings. The average Bonchev–Trinajstić information content (AvgIpc) is 3.49. The number of rotatable bonds is 4. The maximum absolute atomic E-state index is 12.9. The predicted molar refractivity (Wildman–Crippen MR) is 121 cm³/mol. The Morgan fingerprint density at radius 3 is 2.63 bits per heavy atom. The van der Waals surface area contributed by atoms with Gasteiger partial charge in [0.25, 0.3) is 5.91 Å². The highest BCUT2D eigenvalue weighted by molar-refractivity contribution is 7.21. The first-order valence-corrected chi connectivity index (χ1v) is 10.9. The number of nitrogens with one attached hydrogen (secondary N) is 1. The molecule has 9 heteroatoms. The minimum atomic E-state index is -0.171. The number of thiophene rings is 1. The number of fused-ring (bicyclic) bond motifs is 1. The molecule has 0 aliphatic heterocycles. The summed E-state index contributed by atoms with van der Waals surface area (Å²) in [4.78, 5) is 24.7. The molecule has 0 saturated carbocycles. The highest BCUT2D eigenvalue weighted by atomic mass is 32.1. The molecule has 1 amide bonds. The molecule has 4 heterocycles. The number of nitrogens with zero attached hydrogens (tertiary/aromatic N) is 5. The highest BCUT2D eigenvalue weighted by Crippen LogP contribution is 2.38. The van der Waals surface area contributed by atoms with Crippen LogP contribution in [0, 0.1) is 6.92 Å². The molecule has 0 aliphatic rings. The van der Waals surface area contributed by atoms with Crippen molar-refractivity contribution in [3.8, 4) is 22.0 Å². The number of thiazole rings is 1. The zero-order valence-corrected chi connectivity index (χ0v) is 18.2. The smallest absolute Gasteiger partial charge is 0.267 e. The number of carbonyl (C=O) groups excluding carboxylic acids is 1. The molecule has 5 rings (SSSR count). The van der Waals surface area contributed by atoms with Crippen LogP contribution >= 0.6 is 22.7 Å². The number of carbonyl (C=O) groups is 1. The fourth-order valence-corrected chi connectivity index (χ4v) is 5.42. The minimum absolute atomic E-state index is 0.171. The molecule has 0 fully saturated rings. The van der Waals surface area contributed by atoms with E-state index in [1.165, 1.54) is 22.7 Å². The first-order valence-electron chi connectivity index (χ1n) is 9.29. The normalized spacial score (nSPS) is 11.3. The number of imidazole rings is 1. The number of hydrogen-bond acceptors (Lipinski definition) is 6. The Labute approximate surface area is 180 Å². The Balaban J connectivity index is 1.52. The van der Waals surface area contributed by atoms with Gasteiger partial charge >= 0.3 is 0 Å². The van der Waals surface area contributed by atoms with Crippen LogP contribution in [0.15, 0.2) is 48.8 Å². The summed E-state index contributed by atoms with van der Waals surface area (Å²) >= 11 is 2.85. The van der Waals surface area contributed by atoms with Crippen molar-refractivity contribution in [2.45, 2.75) is 6.92 Å². The van der Waals surface area contributed by atoms with E-state index < -0.39 is 0 Å². The maximum atomic E-state index is 12.9. The van der Waals surface area contributed by atoms with Crippen molar-refractivity contribution in [2.75, 3.05) is 5.32 Å². The summed E-state index contributed by atoms with van der Waals surface area (Å²) in [7, 11) is 3.84. The number of amides is 1. The molecule has 0 radical (unpaired) electrons. The molecule has 0 aliphatic carbocycles. The summed E-state index contributed by atoms with van der Waals surface area (Å²) in [5.74, 6) is 0.644. The van der Waals surface area contributed by atoms with Gasteiger partial charge in [0.15, 0.2) is 11.0 Å². The van der Waals surface area contributed by atoms with Crippen LogP contribution in [0.3, 0.4) is 0 Å². The SMILES string of the molecule is Cc1nn(C)c2sc(C(=O)Nc3nc(-c4ccccc4)c(-c4nccn4C)s3)cc12. The summed E-state index contributed by atoms with van der Waals surface area (Å²) in [5.41, 5.74) is 2.71. The quantitative estimate of drug-likeness (QED) is 0.444. The minimum Gasteiger partial charge on any atom is -0.333 e. The molecule has 0 spiro atoms. The van der Waals surface area contributed by atoms with E-state index in [0.29, 0.717) is 10.0 Å². The van der Waals surface area contributed by atoms with Crippen molar-refractivity contribution in [2.24, 2.45) is 14.1 Å². The summed E-state index contributed by atoms with van der Waals surface area (Å²) in [6.45, 7) is 1.95. The van der Waals surface area contributed by atoms with E-state index >= 15 is 0 Å². The fraction of sp³-hybridized carbons (Fsp3) is 0.143. The largest absolute Gasteiger partial charge is 0.333 e. The van der Waals surface area contributed by atoms with E-state index in [1.807, 2.05) is 72.9 Å². The Morgan fingerprint density at radius 2 is 1.93 bits per heavy atom. The van der Waals surface area contributed by atoms with Crippen molar-refractivity contribution in [3.05, 3.63) is 59.4 Å². The first kappa shape index (κ1) is 18.7. The van der Waals surface area contributed by atoms with E-state index in [0.717, 1.165) is 37.9 Å². The van der Waals surface area contributed by atoms with Crippen LogP contribution in [0.4, 0.5) is 5.13 Å². The van der Waals surface area contributed by atoms with Gasteiger partial charge in [0.05, 0.1) is 21.1 Å². The van der Waals surface area contributed by atoms with E-state index in [1.54, 1.807) is 6.20 Å². The Hall–Kier alpha value is -3.30. The molecule has 1 N–H and O–H groups in total. The molecular formula is C21H18N6OS2. The van der Waals surface area contributed by atoms with Crippen LogP contribution in [0.25, 0.3) is 32.2 Å². The second-order valence-electron chi connectivity index (χ2n) is 6.92. The number of anilines is 1. The lowest BCUT2D eigenvalue weighted by Crippen LogP contribution is -2.09. The van der Waals surface area contributed by atoms with E-state index in [2.05, 4.69) is 15.4 Å². The third-order valence-electron chi connectivity index (χ3n) is 4.84. The zero-order valence-electron chi connectivity index (χ0n) is 16.6. The van der Waals surface area contributed by atoms with Crippen molar-refractivity contribution in [1.82, 2.24) is 24.3 Å². The maximum Gasteiger partial charge on any atom is 0.267 e. The summed E-state index contributed by atoms with van der Waals surface area (Å²) in [5, 5.41) is 8.92. The second-order valence-corrected chi connectivity index (χ2v) is 8.95. The molecule has 0 bridgehead atoms. The Bertz CT molecular complexity index is 1340. The number of aryl methyl sites for hydroxylation is 3. The Morgan fingerprint density at radius 1 is 1.13 bits per heavy atom. The van der Waals surface area contributed by atoms with Crippen LogP contribution in [0.1, 0.15) is 15.4 Å². The molecular weight excluding hydrogens is 416 g/mol. The van der Waals surface area contributed by atoms with Gasteiger partial charge < -0.3 is 4.57 Å². The topological polar surface area (TPSA) is 77.6 Å². The first-order chi connectivity index (χ1) is 14.5. The number of benzene rings is 1.